The molecule has 1 atom stereocenters. The number of aryl methyl sites for hydroxylation is 1. The zero-order valence-corrected chi connectivity index (χ0v) is 15.3. The van der Waals surface area contributed by atoms with Gasteiger partial charge in [-0.15, -0.1) is 11.3 Å². The van der Waals surface area contributed by atoms with Crippen LogP contribution in [0.3, 0.4) is 0 Å². The number of hydrogen-bond donors (Lipinski definition) is 1. The van der Waals surface area contributed by atoms with Gasteiger partial charge in [-0.05, 0) is 30.7 Å². The van der Waals surface area contributed by atoms with E-state index in [0.717, 1.165) is 46.1 Å². The average Bonchev–Trinajstić information content (AvgIpc) is 3.06. The zero-order valence-electron chi connectivity index (χ0n) is 13.7. The molecule has 2 heterocycles. The van der Waals surface area contributed by atoms with Gasteiger partial charge >= 0.3 is 0 Å². The third-order valence-corrected chi connectivity index (χ3v) is 4.93. The molecular formula is C18H19N3OS2. The van der Waals surface area contributed by atoms with Gasteiger partial charge in [0.2, 0.25) is 0 Å². The van der Waals surface area contributed by atoms with E-state index < -0.39 is 11.4 Å². The average molecular weight is 358 g/mol. The predicted molar refractivity (Wildman–Crippen MR) is 102 cm³/mol. The van der Waals surface area contributed by atoms with E-state index in [9.17, 15) is 4.55 Å². The van der Waals surface area contributed by atoms with Crippen LogP contribution in [0.5, 0.6) is 0 Å². The molecule has 0 saturated heterocycles. The molecule has 0 saturated carbocycles. The van der Waals surface area contributed by atoms with Crippen molar-refractivity contribution in [1.29, 1.82) is 0 Å². The van der Waals surface area contributed by atoms with Crippen molar-refractivity contribution in [1.82, 2.24) is 9.97 Å². The molecule has 6 heteroatoms. The molecule has 1 N–H and O–H groups in total. The van der Waals surface area contributed by atoms with Crippen LogP contribution in [0.25, 0.3) is 21.8 Å². The van der Waals surface area contributed by atoms with Gasteiger partial charge in [0, 0.05) is 28.4 Å². The highest BCUT2D eigenvalue weighted by Gasteiger charge is 2.08. The topological polar surface area (TPSA) is 60.9 Å². The Morgan fingerprint density at radius 2 is 1.96 bits per heavy atom. The SMILES string of the molecule is CCCc1cc(-c2nc(-c3ccc(N[S+](C)[O-])cc3)cs2)ccn1. The number of thiazole rings is 1. The lowest BCUT2D eigenvalue weighted by Crippen LogP contribution is -2.09. The van der Waals surface area contributed by atoms with Crippen molar-refractivity contribution in [3.63, 3.8) is 0 Å². The van der Waals surface area contributed by atoms with Gasteiger partial charge in [0.1, 0.15) is 11.3 Å². The van der Waals surface area contributed by atoms with Crippen LogP contribution in [0, 0.1) is 0 Å². The minimum Gasteiger partial charge on any atom is -0.593 e. The molecular weight excluding hydrogens is 338 g/mol. The van der Waals surface area contributed by atoms with E-state index in [4.69, 9.17) is 4.98 Å². The smallest absolute Gasteiger partial charge is 0.124 e. The normalized spacial score (nSPS) is 12.1. The largest absolute Gasteiger partial charge is 0.593 e. The molecule has 0 aliphatic rings. The monoisotopic (exact) mass is 357 g/mol. The number of rotatable bonds is 6. The molecule has 0 radical (unpaired) electrons. The van der Waals surface area contributed by atoms with Crippen LogP contribution in [-0.4, -0.2) is 20.8 Å². The van der Waals surface area contributed by atoms with E-state index in [-0.39, 0.29) is 0 Å². The van der Waals surface area contributed by atoms with Gasteiger partial charge in [-0.1, -0.05) is 25.5 Å². The molecule has 3 aromatic rings. The van der Waals surface area contributed by atoms with Crippen LogP contribution >= 0.6 is 11.3 Å². The second-order valence-electron chi connectivity index (χ2n) is 5.46. The summed E-state index contributed by atoms with van der Waals surface area (Å²) in [7, 11) is 0. The van der Waals surface area contributed by atoms with Gasteiger partial charge in [0.15, 0.2) is 0 Å². The van der Waals surface area contributed by atoms with Crippen LogP contribution < -0.4 is 4.72 Å². The number of hydrogen-bond acceptors (Lipinski definition) is 5. The molecule has 24 heavy (non-hydrogen) atoms. The summed E-state index contributed by atoms with van der Waals surface area (Å²) in [5, 5.41) is 3.07. The van der Waals surface area contributed by atoms with Crippen molar-refractivity contribution in [2.24, 2.45) is 0 Å². The Morgan fingerprint density at radius 1 is 1.17 bits per heavy atom. The Bertz CT molecular complexity index is 800. The maximum Gasteiger partial charge on any atom is 0.124 e. The first-order valence-electron chi connectivity index (χ1n) is 7.77. The lowest BCUT2D eigenvalue weighted by atomic mass is 10.1. The Hall–Kier alpha value is -1.89. The fourth-order valence-corrected chi connectivity index (χ4v) is 3.71. The number of nitrogens with zero attached hydrogens (tertiary/aromatic N) is 2. The number of benzene rings is 1. The second-order valence-corrected chi connectivity index (χ2v) is 7.43. The van der Waals surface area contributed by atoms with Gasteiger partial charge in [0.05, 0.1) is 22.7 Å². The van der Waals surface area contributed by atoms with E-state index in [1.54, 1.807) is 17.6 Å². The molecule has 1 unspecified atom stereocenters. The summed E-state index contributed by atoms with van der Waals surface area (Å²) in [5.41, 5.74) is 5.06. The standard InChI is InChI=1S/C18H19N3OS2/c1-3-4-16-11-14(9-10-19-16)18-20-17(12-23-18)13-5-7-15(8-6-13)21-24(2)22/h5-12,21H,3-4H2,1-2H3. The van der Waals surface area contributed by atoms with E-state index in [2.05, 4.69) is 28.1 Å². The second kappa shape index (κ2) is 7.79. The summed E-state index contributed by atoms with van der Waals surface area (Å²) in [5.74, 6) is 0. The van der Waals surface area contributed by atoms with Crippen LogP contribution in [0.15, 0.2) is 48.0 Å². The number of aromatic nitrogens is 2. The number of pyridine rings is 1. The Labute approximate surface area is 149 Å². The first-order chi connectivity index (χ1) is 11.7. The number of nitrogens with one attached hydrogen (secondary N) is 1. The molecule has 0 fully saturated rings. The van der Waals surface area contributed by atoms with Crippen molar-refractivity contribution in [2.75, 3.05) is 11.0 Å². The van der Waals surface area contributed by atoms with Crippen molar-refractivity contribution < 1.29 is 4.55 Å². The molecule has 2 aromatic heterocycles. The molecule has 4 nitrogen and oxygen atoms in total. The Kier molecular flexibility index (Phi) is 5.50. The first-order valence-corrected chi connectivity index (χ1v) is 10.2. The molecule has 0 bridgehead atoms. The first kappa shape index (κ1) is 17.0. The Morgan fingerprint density at radius 3 is 2.67 bits per heavy atom. The van der Waals surface area contributed by atoms with Crippen molar-refractivity contribution in [3.05, 3.63) is 53.7 Å². The fourth-order valence-electron chi connectivity index (χ4n) is 2.42. The molecule has 0 aliphatic heterocycles. The zero-order chi connectivity index (χ0) is 16.9. The minimum atomic E-state index is -1.06. The molecule has 124 valence electrons. The van der Waals surface area contributed by atoms with Gasteiger partial charge in [-0.3, -0.25) is 4.98 Å². The summed E-state index contributed by atoms with van der Waals surface area (Å²) in [6, 6.07) is 11.9. The highest BCUT2D eigenvalue weighted by atomic mass is 32.2. The van der Waals surface area contributed by atoms with Crippen molar-refractivity contribution in [2.45, 2.75) is 19.8 Å². The summed E-state index contributed by atoms with van der Waals surface area (Å²) < 4.78 is 14.1. The van der Waals surface area contributed by atoms with E-state index in [1.165, 1.54) is 0 Å². The minimum absolute atomic E-state index is 0.841. The third kappa shape index (κ3) is 4.14. The lowest BCUT2D eigenvalue weighted by molar-refractivity contribution is 0.605. The summed E-state index contributed by atoms with van der Waals surface area (Å²) in [4.78, 5) is 9.15. The maximum absolute atomic E-state index is 11.2. The van der Waals surface area contributed by atoms with Gasteiger partial charge < -0.3 is 4.55 Å². The highest BCUT2D eigenvalue weighted by molar-refractivity contribution is 7.92. The summed E-state index contributed by atoms with van der Waals surface area (Å²) >= 11 is 0.574. The fraction of sp³-hybridized carbons (Fsp3) is 0.222. The summed E-state index contributed by atoms with van der Waals surface area (Å²) in [6.07, 6.45) is 5.54. The van der Waals surface area contributed by atoms with E-state index >= 15 is 0 Å². The Balaban J connectivity index is 1.81. The predicted octanol–water partition coefficient (Wildman–Crippen LogP) is 4.53. The van der Waals surface area contributed by atoms with Gasteiger partial charge in [-0.25, -0.2) is 9.71 Å². The van der Waals surface area contributed by atoms with Gasteiger partial charge in [-0.2, -0.15) is 0 Å². The molecule has 0 amide bonds. The quantitative estimate of drug-likeness (QED) is 0.658. The van der Waals surface area contributed by atoms with Crippen LogP contribution in [0.2, 0.25) is 0 Å². The van der Waals surface area contributed by atoms with Crippen LogP contribution in [0.4, 0.5) is 5.69 Å². The molecule has 0 aliphatic carbocycles. The van der Waals surface area contributed by atoms with E-state index in [0.29, 0.717) is 0 Å². The summed E-state index contributed by atoms with van der Waals surface area (Å²) in [6.45, 7) is 2.16. The molecule has 0 spiro atoms. The number of anilines is 1. The van der Waals surface area contributed by atoms with E-state index in [1.807, 2.05) is 36.5 Å². The maximum atomic E-state index is 11.2. The van der Waals surface area contributed by atoms with Crippen LogP contribution in [0.1, 0.15) is 19.0 Å². The van der Waals surface area contributed by atoms with Crippen molar-refractivity contribution in [3.8, 4) is 21.8 Å². The van der Waals surface area contributed by atoms with Crippen LogP contribution in [-0.2, 0) is 17.8 Å². The molecule has 1 aromatic carbocycles. The van der Waals surface area contributed by atoms with Gasteiger partial charge in [0.25, 0.3) is 0 Å². The van der Waals surface area contributed by atoms with Crippen molar-refractivity contribution >= 4 is 28.4 Å². The third-order valence-electron chi connectivity index (χ3n) is 3.52. The lowest BCUT2D eigenvalue weighted by Gasteiger charge is -2.07. The highest BCUT2D eigenvalue weighted by Crippen LogP contribution is 2.29. The molecule has 3 rings (SSSR count).